The summed E-state index contributed by atoms with van der Waals surface area (Å²) < 4.78 is 12.7. The number of nitrogens with one attached hydrogen (secondary N) is 2. The molecule has 1 unspecified atom stereocenters. The first-order chi connectivity index (χ1) is 8.74. The number of rotatable bonds is 4. The van der Waals surface area contributed by atoms with Gasteiger partial charge in [0.1, 0.15) is 5.82 Å². The van der Waals surface area contributed by atoms with E-state index < -0.39 is 0 Å². The van der Waals surface area contributed by atoms with E-state index in [1.807, 2.05) is 0 Å². The van der Waals surface area contributed by atoms with Crippen molar-refractivity contribution in [3.63, 3.8) is 0 Å². The zero-order chi connectivity index (χ0) is 12.8. The Labute approximate surface area is 107 Å². The van der Waals surface area contributed by atoms with Crippen molar-refractivity contribution in [3.8, 4) is 0 Å². The number of hydrogen-bond acceptors (Lipinski definition) is 2. The fourth-order valence-corrected chi connectivity index (χ4v) is 2.23. The molecule has 0 spiro atoms. The van der Waals surface area contributed by atoms with E-state index in [1.165, 1.54) is 25.0 Å². The summed E-state index contributed by atoms with van der Waals surface area (Å²) in [5.41, 5.74) is 0.651. The molecule has 1 aliphatic rings. The Morgan fingerprint density at radius 1 is 1.33 bits per heavy atom. The molecule has 1 saturated heterocycles. The average molecular weight is 250 g/mol. The third kappa shape index (κ3) is 4.11. The number of amides is 1. The second-order valence-electron chi connectivity index (χ2n) is 4.74. The van der Waals surface area contributed by atoms with Crippen LogP contribution >= 0.6 is 0 Å². The summed E-state index contributed by atoms with van der Waals surface area (Å²) >= 11 is 0. The quantitative estimate of drug-likeness (QED) is 0.862. The zero-order valence-electron chi connectivity index (χ0n) is 10.4. The van der Waals surface area contributed by atoms with Gasteiger partial charge >= 0.3 is 0 Å². The van der Waals surface area contributed by atoms with E-state index >= 15 is 0 Å². The van der Waals surface area contributed by atoms with Crippen LogP contribution in [-0.2, 0) is 4.79 Å². The molecule has 1 fully saturated rings. The minimum Gasteiger partial charge on any atom is -0.326 e. The second kappa shape index (κ2) is 6.50. The molecule has 0 aliphatic carbocycles. The Balaban J connectivity index is 1.73. The Kier molecular flexibility index (Phi) is 4.70. The molecule has 4 heteroatoms. The summed E-state index contributed by atoms with van der Waals surface area (Å²) in [5.74, 6) is -0.298. The number of carbonyl (C=O) groups excluding carboxylic acids is 1. The van der Waals surface area contributed by atoms with E-state index in [2.05, 4.69) is 10.6 Å². The van der Waals surface area contributed by atoms with Crippen LogP contribution in [0.5, 0.6) is 0 Å². The number of halogens is 1. The molecule has 3 nitrogen and oxygen atoms in total. The Bertz CT molecular complexity index is 385. The molecule has 0 aromatic heterocycles. The summed E-state index contributed by atoms with van der Waals surface area (Å²) in [6.07, 6.45) is 5.02. The highest BCUT2D eigenvalue weighted by Gasteiger charge is 2.13. The lowest BCUT2D eigenvalue weighted by molar-refractivity contribution is -0.116. The fraction of sp³-hybridized carbons (Fsp3) is 0.500. The molecule has 1 heterocycles. The Hall–Kier alpha value is -1.42. The van der Waals surface area contributed by atoms with Crippen molar-refractivity contribution in [1.82, 2.24) is 5.32 Å². The molecule has 1 aromatic carbocycles. The fourth-order valence-electron chi connectivity index (χ4n) is 2.23. The number of carbonyl (C=O) groups is 1. The van der Waals surface area contributed by atoms with Crippen molar-refractivity contribution in [3.05, 3.63) is 30.1 Å². The van der Waals surface area contributed by atoms with E-state index in [0.717, 1.165) is 19.4 Å². The maximum Gasteiger partial charge on any atom is 0.224 e. The predicted octanol–water partition coefficient (Wildman–Crippen LogP) is 2.69. The lowest BCUT2D eigenvalue weighted by Gasteiger charge is -2.23. The van der Waals surface area contributed by atoms with Gasteiger partial charge in [-0.3, -0.25) is 4.79 Å². The molecule has 0 bridgehead atoms. The largest absolute Gasteiger partial charge is 0.326 e. The van der Waals surface area contributed by atoms with E-state index in [1.54, 1.807) is 12.1 Å². The highest BCUT2D eigenvalue weighted by Crippen LogP contribution is 2.13. The van der Waals surface area contributed by atoms with Gasteiger partial charge < -0.3 is 10.6 Å². The van der Waals surface area contributed by atoms with Gasteiger partial charge in [0.15, 0.2) is 0 Å². The van der Waals surface area contributed by atoms with Crippen LogP contribution in [0.3, 0.4) is 0 Å². The molecular weight excluding hydrogens is 231 g/mol. The molecule has 0 radical (unpaired) electrons. The minimum atomic E-state index is -0.292. The van der Waals surface area contributed by atoms with Crippen LogP contribution in [-0.4, -0.2) is 18.5 Å². The summed E-state index contributed by atoms with van der Waals surface area (Å²) in [7, 11) is 0. The third-order valence-electron chi connectivity index (χ3n) is 3.26. The van der Waals surface area contributed by atoms with Gasteiger partial charge in [-0.1, -0.05) is 6.42 Å². The van der Waals surface area contributed by atoms with Crippen LogP contribution in [0.4, 0.5) is 10.1 Å². The van der Waals surface area contributed by atoms with E-state index in [0.29, 0.717) is 18.2 Å². The normalized spacial score (nSPS) is 19.5. The van der Waals surface area contributed by atoms with Crippen molar-refractivity contribution < 1.29 is 9.18 Å². The molecule has 98 valence electrons. The van der Waals surface area contributed by atoms with Gasteiger partial charge in [-0.25, -0.2) is 4.39 Å². The number of hydrogen-bond donors (Lipinski definition) is 2. The molecular formula is C14H19FN2O. The first-order valence-corrected chi connectivity index (χ1v) is 6.53. The van der Waals surface area contributed by atoms with Gasteiger partial charge in [0.25, 0.3) is 0 Å². The van der Waals surface area contributed by atoms with Crippen LogP contribution in [0.1, 0.15) is 32.1 Å². The topological polar surface area (TPSA) is 41.1 Å². The van der Waals surface area contributed by atoms with Crippen molar-refractivity contribution in [2.24, 2.45) is 0 Å². The van der Waals surface area contributed by atoms with Crippen LogP contribution in [0.2, 0.25) is 0 Å². The summed E-state index contributed by atoms with van der Waals surface area (Å²) in [6.45, 7) is 1.06. The molecule has 0 saturated carbocycles. The van der Waals surface area contributed by atoms with Gasteiger partial charge in [0.05, 0.1) is 0 Å². The number of piperidine rings is 1. The molecule has 1 amide bonds. The van der Waals surface area contributed by atoms with Gasteiger partial charge in [-0.2, -0.15) is 0 Å². The van der Waals surface area contributed by atoms with Crippen molar-refractivity contribution in [1.29, 1.82) is 0 Å². The monoisotopic (exact) mass is 250 g/mol. The maximum atomic E-state index is 12.7. The minimum absolute atomic E-state index is 0.00557. The smallest absolute Gasteiger partial charge is 0.224 e. The van der Waals surface area contributed by atoms with Crippen molar-refractivity contribution >= 4 is 11.6 Å². The molecule has 2 N–H and O–H groups in total. The molecule has 2 rings (SSSR count). The summed E-state index contributed by atoms with van der Waals surface area (Å²) in [6, 6.07) is 6.31. The van der Waals surface area contributed by atoms with E-state index in [9.17, 15) is 9.18 Å². The predicted molar refractivity (Wildman–Crippen MR) is 69.9 cm³/mol. The highest BCUT2D eigenvalue weighted by molar-refractivity contribution is 5.90. The zero-order valence-corrected chi connectivity index (χ0v) is 10.4. The first kappa shape index (κ1) is 13.0. The SMILES string of the molecule is O=C(CCC1CCCCN1)Nc1ccc(F)cc1. The van der Waals surface area contributed by atoms with Crippen molar-refractivity contribution in [2.45, 2.75) is 38.1 Å². The van der Waals surface area contributed by atoms with Gasteiger partial charge in [0, 0.05) is 18.2 Å². The third-order valence-corrected chi connectivity index (χ3v) is 3.26. The lowest BCUT2D eigenvalue weighted by Crippen LogP contribution is -2.34. The van der Waals surface area contributed by atoms with Crippen LogP contribution in [0.25, 0.3) is 0 Å². The Morgan fingerprint density at radius 2 is 2.11 bits per heavy atom. The van der Waals surface area contributed by atoms with E-state index in [-0.39, 0.29) is 11.7 Å². The number of anilines is 1. The maximum absolute atomic E-state index is 12.7. The summed E-state index contributed by atoms with van der Waals surface area (Å²) in [4.78, 5) is 11.7. The molecule has 1 atom stereocenters. The van der Waals surface area contributed by atoms with Crippen LogP contribution in [0, 0.1) is 5.82 Å². The van der Waals surface area contributed by atoms with Crippen molar-refractivity contribution in [2.75, 3.05) is 11.9 Å². The second-order valence-corrected chi connectivity index (χ2v) is 4.74. The van der Waals surface area contributed by atoms with Crippen LogP contribution in [0.15, 0.2) is 24.3 Å². The number of benzene rings is 1. The molecule has 1 aliphatic heterocycles. The Morgan fingerprint density at radius 3 is 2.78 bits per heavy atom. The lowest BCUT2D eigenvalue weighted by atomic mass is 10.0. The standard InChI is InChI=1S/C14H19FN2O/c15-11-4-6-13(7-5-11)17-14(18)9-8-12-3-1-2-10-16-12/h4-7,12,16H,1-3,8-10H2,(H,17,18). The average Bonchev–Trinajstić information content (AvgIpc) is 2.40. The van der Waals surface area contributed by atoms with Gasteiger partial charge in [-0.05, 0) is 50.1 Å². The summed E-state index contributed by atoms with van der Waals surface area (Å²) in [5, 5.41) is 6.19. The van der Waals surface area contributed by atoms with Crippen LogP contribution < -0.4 is 10.6 Å². The first-order valence-electron chi connectivity index (χ1n) is 6.53. The van der Waals surface area contributed by atoms with E-state index in [4.69, 9.17) is 0 Å². The van der Waals surface area contributed by atoms with Gasteiger partial charge in [-0.15, -0.1) is 0 Å². The highest BCUT2D eigenvalue weighted by atomic mass is 19.1. The molecule has 1 aromatic rings. The van der Waals surface area contributed by atoms with Gasteiger partial charge in [0.2, 0.25) is 5.91 Å². The molecule has 18 heavy (non-hydrogen) atoms.